The van der Waals surface area contributed by atoms with Gasteiger partial charge >= 0.3 is 0 Å². The molecule has 2 fully saturated rings. The SMILES string of the molecule is COC1(c2noc(C3COCCC3O)n2)CCCCCC1. The second-order valence-electron chi connectivity index (χ2n) is 6.11. The van der Waals surface area contributed by atoms with Gasteiger partial charge < -0.3 is 19.1 Å². The van der Waals surface area contributed by atoms with Crippen LogP contribution in [0.5, 0.6) is 0 Å². The van der Waals surface area contributed by atoms with Crippen LogP contribution in [0.3, 0.4) is 0 Å². The third-order valence-electron chi connectivity index (χ3n) is 4.79. The van der Waals surface area contributed by atoms with Gasteiger partial charge in [0.15, 0.2) is 0 Å². The van der Waals surface area contributed by atoms with Crippen LogP contribution in [0, 0.1) is 0 Å². The lowest BCUT2D eigenvalue weighted by Crippen LogP contribution is -2.31. The number of nitrogens with zero attached hydrogens (tertiary/aromatic N) is 2. The zero-order valence-electron chi connectivity index (χ0n) is 12.6. The monoisotopic (exact) mass is 296 g/mol. The van der Waals surface area contributed by atoms with E-state index in [9.17, 15) is 5.11 Å². The van der Waals surface area contributed by atoms with Crippen LogP contribution in [-0.4, -0.2) is 41.7 Å². The molecule has 2 atom stereocenters. The number of rotatable bonds is 3. The van der Waals surface area contributed by atoms with Crippen LogP contribution in [0.4, 0.5) is 0 Å². The van der Waals surface area contributed by atoms with Crippen LogP contribution in [0.1, 0.15) is 62.6 Å². The van der Waals surface area contributed by atoms with Crippen molar-refractivity contribution in [3.8, 4) is 0 Å². The van der Waals surface area contributed by atoms with E-state index in [-0.39, 0.29) is 5.92 Å². The second kappa shape index (κ2) is 6.42. The van der Waals surface area contributed by atoms with Gasteiger partial charge in [0.2, 0.25) is 11.7 Å². The van der Waals surface area contributed by atoms with Gasteiger partial charge in [0.05, 0.1) is 18.6 Å². The van der Waals surface area contributed by atoms with Gasteiger partial charge in [0.1, 0.15) is 5.60 Å². The highest BCUT2D eigenvalue weighted by Gasteiger charge is 2.39. The van der Waals surface area contributed by atoms with Crippen LogP contribution in [0.25, 0.3) is 0 Å². The average molecular weight is 296 g/mol. The maximum absolute atomic E-state index is 10.1. The van der Waals surface area contributed by atoms with Crippen molar-refractivity contribution in [3.05, 3.63) is 11.7 Å². The summed E-state index contributed by atoms with van der Waals surface area (Å²) in [6.45, 7) is 1.02. The molecule has 1 aliphatic heterocycles. The molecule has 3 rings (SSSR count). The summed E-state index contributed by atoms with van der Waals surface area (Å²) in [5.74, 6) is 0.872. The highest BCUT2D eigenvalue weighted by Crippen LogP contribution is 2.38. The Morgan fingerprint density at radius 2 is 2.00 bits per heavy atom. The number of aliphatic hydroxyl groups excluding tert-OH is 1. The van der Waals surface area contributed by atoms with Gasteiger partial charge in [0.25, 0.3) is 0 Å². The van der Waals surface area contributed by atoms with Gasteiger partial charge in [-0.15, -0.1) is 0 Å². The molecule has 0 spiro atoms. The lowest BCUT2D eigenvalue weighted by molar-refractivity contribution is -0.0365. The van der Waals surface area contributed by atoms with Gasteiger partial charge in [-0.05, 0) is 19.3 Å². The molecule has 6 nitrogen and oxygen atoms in total. The maximum atomic E-state index is 10.1. The first kappa shape index (κ1) is 14.9. The fraction of sp³-hybridized carbons (Fsp3) is 0.867. The first-order valence-electron chi connectivity index (χ1n) is 7.90. The van der Waals surface area contributed by atoms with Crippen LogP contribution in [0.2, 0.25) is 0 Å². The Morgan fingerprint density at radius 1 is 1.24 bits per heavy atom. The van der Waals surface area contributed by atoms with E-state index in [1.54, 1.807) is 7.11 Å². The summed E-state index contributed by atoms with van der Waals surface area (Å²) >= 11 is 0. The van der Waals surface area contributed by atoms with Crippen LogP contribution < -0.4 is 0 Å². The van der Waals surface area contributed by atoms with Crippen molar-refractivity contribution in [2.45, 2.75) is 62.6 Å². The molecule has 1 aromatic heterocycles. The minimum absolute atomic E-state index is 0.223. The Morgan fingerprint density at radius 3 is 2.67 bits per heavy atom. The first-order valence-corrected chi connectivity index (χ1v) is 7.90. The van der Waals surface area contributed by atoms with Crippen LogP contribution in [-0.2, 0) is 15.1 Å². The molecule has 2 aliphatic rings. The van der Waals surface area contributed by atoms with Crippen molar-refractivity contribution >= 4 is 0 Å². The van der Waals surface area contributed by atoms with E-state index in [0.717, 1.165) is 25.7 Å². The van der Waals surface area contributed by atoms with Crippen molar-refractivity contribution in [1.82, 2.24) is 10.1 Å². The van der Waals surface area contributed by atoms with Crippen molar-refractivity contribution in [2.24, 2.45) is 0 Å². The smallest absolute Gasteiger partial charge is 0.234 e. The molecule has 0 amide bonds. The van der Waals surface area contributed by atoms with E-state index < -0.39 is 11.7 Å². The zero-order valence-corrected chi connectivity index (χ0v) is 12.6. The highest BCUT2D eigenvalue weighted by atomic mass is 16.5. The molecule has 1 aromatic rings. The van der Waals surface area contributed by atoms with Crippen molar-refractivity contribution in [3.63, 3.8) is 0 Å². The Hall–Kier alpha value is -0.980. The topological polar surface area (TPSA) is 77.6 Å². The summed E-state index contributed by atoms with van der Waals surface area (Å²) in [5, 5.41) is 14.2. The van der Waals surface area contributed by atoms with E-state index in [1.165, 1.54) is 12.8 Å². The molecular weight excluding hydrogens is 272 g/mol. The van der Waals surface area contributed by atoms with E-state index in [4.69, 9.17) is 14.0 Å². The molecule has 6 heteroatoms. The largest absolute Gasteiger partial charge is 0.392 e. The lowest BCUT2D eigenvalue weighted by atomic mass is 9.93. The lowest BCUT2D eigenvalue weighted by Gasteiger charge is -2.27. The molecule has 2 unspecified atom stereocenters. The molecule has 2 heterocycles. The van der Waals surface area contributed by atoms with Gasteiger partial charge in [-0.1, -0.05) is 30.8 Å². The predicted molar refractivity (Wildman–Crippen MR) is 74.9 cm³/mol. The highest BCUT2D eigenvalue weighted by molar-refractivity contribution is 5.06. The maximum Gasteiger partial charge on any atom is 0.234 e. The predicted octanol–water partition coefficient (Wildman–Crippen LogP) is 2.13. The van der Waals surface area contributed by atoms with Crippen molar-refractivity contribution in [2.75, 3.05) is 20.3 Å². The van der Waals surface area contributed by atoms with Crippen LogP contribution >= 0.6 is 0 Å². The minimum Gasteiger partial charge on any atom is -0.392 e. The third kappa shape index (κ3) is 2.98. The Labute approximate surface area is 124 Å². The molecule has 1 saturated carbocycles. The quantitative estimate of drug-likeness (QED) is 0.861. The second-order valence-corrected chi connectivity index (χ2v) is 6.11. The summed E-state index contributed by atoms with van der Waals surface area (Å²) in [5.41, 5.74) is -0.432. The van der Waals surface area contributed by atoms with Gasteiger partial charge in [-0.25, -0.2) is 0 Å². The molecule has 118 valence electrons. The molecular formula is C15H24N2O4. The number of methoxy groups -OCH3 is 1. The van der Waals surface area contributed by atoms with Crippen molar-refractivity contribution < 1.29 is 19.1 Å². The zero-order chi connectivity index (χ0) is 14.7. The minimum atomic E-state index is -0.473. The summed E-state index contributed by atoms with van der Waals surface area (Å²) in [7, 11) is 1.72. The van der Waals surface area contributed by atoms with E-state index in [2.05, 4.69) is 10.1 Å². The van der Waals surface area contributed by atoms with E-state index in [1.807, 2.05) is 0 Å². The Bertz CT molecular complexity index is 454. The Balaban J connectivity index is 1.82. The molecule has 0 aromatic carbocycles. The molecule has 0 bridgehead atoms. The summed E-state index contributed by atoms with van der Waals surface area (Å²) in [6, 6.07) is 0. The molecule has 1 aliphatic carbocycles. The van der Waals surface area contributed by atoms with Gasteiger partial charge in [-0.2, -0.15) is 4.98 Å². The first-order chi connectivity index (χ1) is 10.2. The summed E-state index contributed by atoms with van der Waals surface area (Å²) in [4.78, 5) is 4.55. The fourth-order valence-corrected chi connectivity index (χ4v) is 3.35. The van der Waals surface area contributed by atoms with E-state index >= 15 is 0 Å². The fourth-order valence-electron chi connectivity index (χ4n) is 3.35. The molecule has 1 N–H and O–H groups in total. The number of hydrogen-bond acceptors (Lipinski definition) is 6. The van der Waals surface area contributed by atoms with Crippen LogP contribution in [0.15, 0.2) is 4.52 Å². The van der Waals surface area contributed by atoms with Gasteiger partial charge in [0, 0.05) is 13.7 Å². The summed E-state index contributed by atoms with van der Waals surface area (Å²) in [6.07, 6.45) is 6.67. The molecule has 1 saturated heterocycles. The van der Waals surface area contributed by atoms with Gasteiger partial charge in [-0.3, -0.25) is 0 Å². The number of aromatic nitrogens is 2. The molecule has 0 radical (unpaired) electrons. The number of ether oxygens (including phenoxy) is 2. The van der Waals surface area contributed by atoms with E-state index in [0.29, 0.717) is 31.3 Å². The number of aliphatic hydroxyl groups is 1. The normalized spacial score (nSPS) is 30.0. The average Bonchev–Trinajstić information content (AvgIpc) is 2.87. The van der Waals surface area contributed by atoms with Crippen molar-refractivity contribution in [1.29, 1.82) is 0 Å². The molecule has 21 heavy (non-hydrogen) atoms. The Kier molecular flexibility index (Phi) is 4.57. The standard InChI is InChI=1S/C15H24N2O4/c1-19-15(7-4-2-3-5-8-15)14-16-13(21-17-14)11-10-20-9-6-12(11)18/h11-12,18H,2-10H2,1H3. The summed E-state index contributed by atoms with van der Waals surface area (Å²) < 4.78 is 16.6. The number of hydrogen-bond donors (Lipinski definition) is 1. The third-order valence-corrected chi connectivity index (χ3v) is 4.79.